The van der Waals surface area contributed by atoms with E-state index in [1.54, 1.807) is 54.7 Å². The first-order chi connectivity index (χ1) is 19.7. The quantitative estimate of drug-likeness (QED) is 0.257. The second-order valence-corrected chi connectivity index (χ2v) is 13.7. The van der Waals surface area contributed by atoms with Crippen LogP contribution in [0.5, 0.6) is 5.75 Å². The summed E-state index contributed by atoms with van der Waals surface area (Å²) in [7, 11) is -2.28. The minimum atomic E-state index is -3.58. The van der Waals surface area contributed by atoms with Gasteiger partial charge in [0.2, 0.25) is 15.8 Å². The summed E-state index contributed by atoms with van der Waals surface area (Å²) >= 11 is 7.30. The highest BCUT2D eigenvalue weighted by Crippen LogP contribution is 2.31. The van der Waals surface area contributed by atoms with Crippen molar-refractivity contribution < 1.29 is 22.7 Å². The number of hydrogen-bond acceptors (Lipinski definition) is 9. The van der Waals surface area contributed by atoms with Gasteiger partial charge in [0, 0.05) is 36.1 Å². The molecular formula is C28H31ClN4O6S2. The van der Waals surface area contributed by atoms with Crippen LogP contribution in [0.1, 0.15) is 36.0 Å². The van der Waals surface area contributed by atoms with Crippen molar-refractivity contribution in [3.05, 3.63) is 75.7 Å². The van der Waals surface area contributed by atoms with E-state index in [0.717, 1.165) is 37.4 Å². The van der Waals surface area contributed by atoms with Crippen LogP contribution in [0.4, 0.5) is 5.69 Å². The number of carbonyl (C=O) groups is 1. The number of nitrogens with zero attached hydrogens (tertiary/aromatic N) is 4. The number of rotatable bonds is 9. The van der Waals surface area contributed by atoms with Gasteiger partial charge < -0.3 is 14.4 Å². The highest BCUT2D eigenvalue weighted by atomic mass is 35.5. The zero-order chi connectivity index (χ0) is 29.0. The summed E-state index contributed by atoms with van der Waals surface area (Å²) in [5.41, 5.74) is 1.09. The van der Waals surface area contributed by atoms with Gasteiger partial charge in [0.1, 0.15) is 10.8 Å². The normalized spacial score (nSPS) is 16.6. The van der Waals surface area contributed by atoms with Crippen molar-refractivity contribution in [2.24, 2.45) is 0 Å². The van der Waals surface area contributed by atoms with Crippen LogP contribution in [-0.4, -0.2) is 73.0 Å². The van der Waals surface area contributed by atoms with E-state index in [9.17, 15) is 18.0 Å². The molecule has 5 rings (SSSR count). The van der Waals surface area contributed by atoms with Crippen LogP contribution in [-0.2, 0) is 14.8 Å². The highest BCUT2D eigenvalue weighted by Gasteiger charge is 2.30. The lowest BCUT2D eigenvalue weighted by molar-refractivity contribution is 0.0600. The molecule has 2 aromatic carbocycles. The fourth-order valence-corrected chi connectivity index (χ4v) is 8.01. The Morgan fingerprint density at radius 1 is 1.07 bits per heavy atom. The number of ether oxygens (including phenoxy) is 2. The SMILES string of the molecule is COC(=O)c1cccc(SCS(=O)(=O)N2CCN(c3cnn(-c4cccc(Cl)c4)c(=O)c3OC3CCCC3)CC2)c1. The molecule has 0 N–H and O–H groups in total. The Morgan fingerprint density at radius 2 is 1.80 bits per heavy atom. The van der Waals surface area contributed by atoms with E-state index >= 15 is 0 Å². The number of esters is 1. The van der Waals surface area contributed by atoms with Crippen molar-refractivity contribution in [2.45, 2.75) is 36.7 Å². The highest BCUT2D eigenvalue weighted by molar-refractivity contribution is 8.11. The van der Waals surface area contributed by atoms with Gasteiger partial charge in [0.25, 0.3) is 0 Å². The monoisotopic (exact) mass is 618 g/mol. The van der Waals surface area contributed by atoms with Gasteiger partial charge in [-0.05, 0) is 62.1 Å². The summed E-state index contributed by atoms with van der Waals surface area (Å²) in [6.07, 6.45) is 5.42. The lowest BCUT2D eigenvalue weighted by Crippen LogP contribution is -2.49. The number of methoxy groups -OCH3 is 1. The second kappa shape index (κ2) is 12.8. The van der Waals surface area contributed by atoms with Crippen molar-refractivity contribution in [1.82, 2.24) is 14.1 Å². The van der Waals surface area contributed by atoms with Crippen LogP contribution >= 0.6 is 23.4 Å². The van der Waals surface area contributed by atoms with Gasteiger partial charge >= 0.3 is 11.5 Å². The van der Waals surface area contributed by atoms with Crippen molar-refractivity contribution in [1.29, 1.82) is 0 Å². The molecule has 0 bridgehead atoms. The lowest BCUT2D eigenvalue weighted by Gasteiger charge is -2.36. The van der Waals surface area contributed by atoms with Crippen molar-refractivity contribution in [3.8, 4) is 11.4 Å². The summed E-state index contributed by atoms with van der Waals surface area (Å²) in [5.74, 6) is -0.248. The maximum atomic E-state index is 13.6. The maximum Gasteiger partial charge on any atom is 0.337 e. The van der Waals surface area contributed by atoms with Gasteiger partial charge in [-0.15, -0.1) is 11.8 Å². The molecule has 2 aliphatic rings. The summed E-state index contributed by atoms with van der Waals surface area (Å²) in [6.45, 7) is 1.27. The number of halogens is 1. The molecule has 2 heterocycles. The number of carbonyl (C=O) groups excluding carboxylic acids is 1. The summed E-state index contributed by atoms with van der Waals surface area (Å²) in [6, 6.07) is 13.6. The number of sulfonamides is 1. The fraction of sp³-hybridized carbons (Fsp3) is 0.393. The van der Waals surface area contributed by atoms with Gasteiger partial charge in [-0.1, -0.05) is 23.7 Å². The number of benzene rings is 2. The van der Waals surface area contributed by atoms with Gasteiger partial charge in [-0.25, -0.2) is 13.2 Å². The Balaban J connectivity index is 1.30. The Kier molecular flexibility index (Phi) is 9.22. The third kappa shape index (κ3) is 6.88. The average molecular weight is 619 g/mol. The molecule has 13 heteroatoms. The van der Waals surface area contributed by atoms with Gasteiger partial charge in [-0.2, -0.15) is 14.1 Å². The Hall–Kier alpha value is -3.06. The van der Waals surface area contributed by atoms with E-state index in [4.69, 9.17) is 21.1 Å². The molecule has 2 fully saturated rings. The van der Waals surface area contributed by atoms with Crippen LogP contribution in [0.2, 0.25) is 5.02 Å². The molecule has 3 aromatic rings. The molecule has 41 heavy (non-hydrogen) atoms. The first kappa shape index (κ1) is 29.4. The van der Waals surface area contributed by atoms with E-state index in [1.165, 1.54) is 16.1 Å². The molecule has 1 aliphatic carbocycles. The number of thioether (sulfide) groups is 1. The van der Waals surface area contributed by atoms with Crippen molar-refractivity contribution in [2.75, 3.05) is 43.3 Å². The summed E-state index contributed by atoms with van der Waals surface area (Å²) in [4.78, 5) is 28.1. The fourth-order valence-electron chi connectivity index (χ4n) is 4.98. The largest absolute Gasteiger partial charge is 0.483 e. The van der Waals surface area contributed by atoms with E-state index < -0.39 is 16.0 Å². The van der Waals surface area contributed by atoms with Crippen molar-refractivity contribution >= 4 is 45.0 Å². The molecule has 0 atom stereocenters. The molecule has 0 spiro atoms. The third-order valence-electron chi connectivity index (χ3n) is 7.16. The molecule has 1 aromatic heterocycles. The Labute approximate surface area is 248 Å². The van der Waals surface area contributed by atoms with Gasteiger partial charge in [0.15, 0.2) is 0 Å². The predicted molar refractivity (Wildman–Crippen MR) is 159 cm³/mol. The number of piperazine rings is 1. The number of aromatic nitrogens is 2. The van der Waals surface area contributed by atoms with Crippen LogP contribution in [0, 0.1) is 0 Å². The van der Waals surface area contributed by atoms with E-state index in [1.807, 2.05) is 4.90 Å². The van der Waals surface area contributed by atoms with E-state index in [2.05, 4.69) is 5.10 Å². The molecule has 0 radical (unpaired) electrons. The first-order valence-electron chi connectivity index (χ1n) is 13.3. The van der Waals surface area contributed by atoms with Crippen LogP contribution in [0.3, 0.4) is 0 Å². The molecule has 1 saturated heterocycles. The van der Waals surface area contributed by atoms with Crippen LogP contribution in [0.25, 0.3) is 5.69 Å². The minimum Gasteiger partial charge on any atom is -0.483 e. The maximum absolute atomic E-state index is 13.6. The zero-order valence-corrected chi connectivity index (χ0v) is 25.0. The zero-order valence-electron chi connectivity index (χ0n) is 22.6. The van der Waals surface area contributed by atoms with Crippen LogP contribution in [0.15, 0.2) is 64.4 Å². The molecule has 0 amide bonds. The molecular weight excluding hydrogens is 588 g/mol. The minimum absolute atomic E-state index is 0.0481. The Bertz CT molecular complexity index is 1570. The first-order valence-corrected chi connectivity index (χ1v) is 16.3. The Morgan fingerprint density at radius 3 is 2.51 bits per heavy atom. The smallest absolute Gasteiger partial charge is 0.337 e. The van der Waals surface area contributed by atoms with E-state index in [-0.39, 0.29) is 35.6 Å². The van der Waals surface area contributed by atoms with Gasteiger partial charge in [-0.3, -0.25) is 4.79 Å². The molecule has 0 unspecified atom stereocenters. The van der Waals surface area contributed by atoms with Gasteiger partial charge in [0.05, 0.1) is 30.7 Å². The molecule has 1 aliphatic heterocycles. The third-order valence-corrected chi connectivity index (χ3v) is 10.8. The second-order valence-electron chi connectivity index (χ2n) is 9.86. The molecule has 1 saturated carbocycles. The molecule has 10 nitrogen and oxygen atoms in total. The summed E-state index contributed by atoms with van der Waals surface area (Å²) in [5, 5.41) is 4.74. The number of hydrogen-bond donors (Lipinski definition) is 0. The molecule has 218 valence electrons. The summed E-state index contributed by atoms with van der Waals surface area (Å²) < 4.78 is 40.1. The topological polar surface area (TPSA) is 111 Å². The standard InChI is InChI=1S/C28H31ClN4O6S2/c1-38-28(35)20-6-4-11-24(16-20)40-19-41(36,37)32-14-12-31(13-15-32)25-18-30-33(22-8-5-7-21(29)17-22)27(34)26(25)39-23-9-2-3-10-23/h4-8,11,16-18,23H,2-3,9-10,12-15,19H2,1H3. The average Bonchev–Trinajstić information content (AvgIpc) is 3.50. The van der Waals surface area contributed by atoms with E-state index in [0.29, 0.717) is 39.9 Å². The number of anilines is 1. The predicted octanol–water partition coefficient (Wildman–Crippen LogP) is 4.20. The lowest BCUT2D eigenvalue weighted by atomic mass is 10.2. The van der Waals surface area contributed by atoms with Crippen molar-refractivity contribution in [3.63, 3.8) is 0 Å². The van der Waals surface area contributed by atoms with Crippen LogP contribution < -0.4 is 15.2 Å².